The lowest BCUT2D eigenvalue weighted by molar-refractivity contribution is 0.261. The molecule has 1 aromatic rings. The van der Waals surface area contributed by atoms with E-state index in [1.165, 1.54) is 36.9 Å². The summed E-state index contributed by atoms with van der Waals surface area (Å²) in [5.74, 6) is 1.54. The van der Waals surface area contributed by atoms with Gasteiger partial charge in [0.2, 0.25) is 0 Å². The third-order valence-electron chi connectivity index (χ3n) is 4.80. The minimum Gasteiger partial charge on any atom is -0.369 e. The molecule has 2 N–H and O–H groups in total. The van der Waals surface area contributed by atoms with E-state index < -0.39 is 0 Å². The number of anilines is 1. The average Bonchev–Trinajstić information content (AvgIpc) is 2.72. The number of nitrogens with zero attached hydrogens (tertiary/aromatic N) is 2. The molecule has 1 aromatic carbocycles. The number of guanidine groups is 1. The third-order valence-corrected chi connectivity index (χ3v) is 4.80. The van der Waals surface area contributed by atoms with Crippen LogP contribution in [-0.4, -0.2) is 18.0 Å². The van der Waals surface area contributed by atoms with Crippen molar-refractivity contribution in [3.8, 4) is 0 Å². The molecule has 0 amide bonds. The fraction of sp³-hybridized carbons (Fsp3) is 0.562. The number of hydrogen-bond acceptors (Lipinski definition) is 3. The van der Waals surface area contributed by atoms with Gasteiger partial charge in [-0.05, 0) is 50.2 Å². The van der Waals surface area contributed by atoms with Gasteiger partial charge < -0.3 is 10.6 Å². The van der Waals surface area contributed by atoms with Crippen LogP contribution in [0.3, 0.4) is 0 Å². The van der Waals surface area contributed by atoms with E-state index >= 15 is 0 Å². The minimum atomic E-state index is 0.142. The number of rotatable bonds is 1. The van der Waals surface area contributed by atoms with Gasteiger partial charge in [0.1, 0.15) is 0 Å². The lowest BCUT2D eigenvalue weighted by Gasteiger charge is -2.44. The SMILES string of the molecule is Cc1ccccc1N1C(N)=NCC12CCC(C)CC2. The number of nitrogens with two attached hydrogens (primary N) is 1. The molecule has 3 rings (SSSR count). The number of aryl methyl sites for hydroxylation is 1. The molecule has 0 bridgehead atoms. The summed E-state index contributed by atoms with van der Waals surface area (Å²) in [5, 5.41) is 0. The van der Waals surface area contributed by atoms with Gasteiger partial charge in [0, 0.05) is 5.69 Å². The van der Waals surface area contributed by atoms with Crippen LogP contribution in [0.4, 0.5) is 5.69 Å². The van der Waals surface area contributed by atoms with Gasteiger partial charge in [0.05, 0.1) is 12.1 Å². The topological polar surface area (TPSA) is 41.6 Å². The van der Waals surface area contributed by atoms with Crippen molar-refractivity contribution >= 4 is 11.6 Å². The van der Waals surface area contributed by atoms with E-state index in [1.54, 1.807) is 0 Å². The van der Waals surface area contributed by atoms with E-state index in [2.05, 4.69) is 48.0 Å². The molecule has 0 aromatic heterocycles. The first-order valence-corrected chi connectivity index (χ1v) is 7.28. The van der Waals surface area contributed by atoms with Crippen molar-refractivity contribution in [3.05, 3.63) is 29.8 Å². The van der Waals surface area contributed by atoms with Gasteiger partial charge in [-0.2, -0.15) is 0 Å². The molecule has 3 nitrogen and oxygen atoms in total. The largest absolute Gasteiger partial charge is 0.369 e. The van der Waals surface area contributed by atoms with Gasteiger partial charge >= 0.3 is 0 Å². The van der Waals surface area contributed by atoms with Crippen LogP contribution in [0.1, 0.15) is 38.2 Å². The Morgan fingerprint density at radius 1 is 1.26 bits per heavy atom. The summed E-state index contributed by atoms with van der Waals surface area (Å²) in [6.07, 6.45) is 4.97. The summed E-state index contributed by atoms with van der Waals surface area (Å²) >= 11 is 0. The fourth-order valence-electron chi connectivity index (χ4n) is 3.49. The Kier molecular flexibility index (Phi) is 3.00. The molecular weight excluding hydrogens is 234 g/mol. The summed E-state index contributed by atoms with van der Waals surface area (Å²) in [6, 6.07) is 8.49. The first-order chi connectivity index (χ1) is 9.12. The van der Waals surface area contributed by atoms with E-state index in [0.29, 0.717) is 5.96 Å². The van der Waals surface area contributed by atoms with Crippen molar-refractivity contribution < 1.29 is 0 Å². The molecule has 3 heteroatoms. The smallest absolute Gasteiger partial charge is 0.196 e. The number of aliphatic imine (C=N–C) groups is 1. The number of para-hydroxylation sites is 1. The maximum atomic E-state index is 6.20. The summed E-state index contributed by atoms with van der Waals surface area (Å²) in [7, 11) is 0. The molecule has 1 heterocycles. The van der Waals surface area contributed by atoms with Gasteiger partial charge in [-0.1, -0.05) is 25.1 Å². The molecule has 1 spiro atoms. The Morgan fingerprint density at radius 2 is 1.95 bits per heavy atom. The molecule has 0 unspecified atom stereocenters. The van der Waals surface area contributed by atoms with Crippen molar-refractivity contribution in [1.29, 1.82) is 0 Å². The maximum Gasteiger partial charge on any atom is 0.196 e. The highest BCUT2D eigenvalue weighted by atomic mass is 15.4. The van der Waals surface area contributed by atoms with Crippen LogP contribution in [0.25, 0.3) is 0 Å². The molecule has 0 radical (unpaired) electrons. The van der Waals surface area contributed by atoms with E-state index in [0.717, 1.165) is 12.5 Å². The minimum absolute atomic E-state index is 0.142. The van der Waals surface area contributed by atoms with Crippen molar-refractivity contribution in [3.63, 3.8) is 0 Å². The number of benzene rings is 1. The molecule has 1 aliphatic heterocycles. The Balaban J connectivity index is 1.97. The zero-order valence-corrected chi connectivity index (χ0v) is 11.9. The van der Waals surface area contributed by atoms with Crippen molar-refractivity contribution in [1.82, 2.24) is 0 Å². The van der Waals surface area contributed by atoms with Crippen molar-refractivity contribution in [2.45, 2.75) is 45.1 Å². The van der Waals surface area contributed by atoms with Gasteiger partial charge in [-0.15, -0.1) is 0 Å². The lowest BCUT2D eigenvalue weighted by atomic mass is 9.76. The number of hydrogen-bond donors (Lipinski definition) is 1. The van der Waals surface area contributed by atoms with Crippen molar-refractivity contribution in [2.24, 2.45) is 16.6 Å². The van der Waals surface area contributed by atoms with Gasteiger partial charge in [0.25, 0.3) is 0 Å². The molecule has 19 heavy (non-hydrogen) atoms. The first kappa shape index (κ1) is 12.5. The fourth-order valence-corrected chi connectivity index (χ4v) is 3.49. The Morgan fingerprint density at radius 3 is 2.63 bits per heavy atom. The molecule has 1 saturated carbocycles. The molecule has 102 valence electrons. The molecule has 0 saturated heterocycles. The van der Waals surface area contributed by atoms with Crippen molar-refractivity contribution in [2.75, 3.05) is 11.4 Å². The Hall–Kier alpha value is -1.51. The standard InChI is InChI=1S/C16H23N3/c1-12-7-9-16(10-8-12)11-18-15(17)19(16)14-6-4-3-5-13(14)2/h3-6,12H,7-11H2,1-2H3,(H2,17,18). The molecular formula is C16H23N3. The van der Waals surface area contributed by atoms with Gasteiger partial charge in [-0.3, -0.25) is 4.99 Å². The van der Waals surface area contributed by atoms with Crippen LogP contribution in [0.5, 0.6) is 0 Å². The maximum absolute atomic E-state index is 6.20. The highest BCUT2D eigenvalue weighted by molar-refractivity contribution is 5.99. The zero-order valence-electron chi connectivity index (χ0n) is 11.9. The molecule has 0 atom stereocenters. The Bertz CT molecular complexity index is 498. The van der Waals surface area contributed by atoms with E-state index in [1.807, 2.05) is 0 Å². The van der Waals surface area contributed by atoms with Crippen LogP contribution >= 0.6 is 0 Å². The normalized spacial score (nSPS) is 30.7. The van der Waals surface area contributed by atoms with Gasteiger partial charge in [-0.25, -0.2) is 0 Å². The molecule has 1 aliphatic carbocycles. The summed E-state index contributed by atoms with van der Waals surface area (Å²) in [4.78, 5) is 6.87. The molecule has 1 fully saturated rings. The van der Waals surface area contributed by atoms with E-state index in [-0.39, 0.29) is 5.54 Å². The van der Waals surface area contributed by atoms with Crippen LogP contribution in [-0.2, 0) is 0 Å². The monoisotopic (exact) mass is 257 g/mol. The second kappa shape index (κ2) is 4.55. The third kappa shape index (κ3) is 2.01. The second-order valence-electron chi connectivity index (χ2n) is 6.20. The highest BCUT2D eigenvalue weighted by Gasteiger charge is 2.45. The lowest BCUT2D eigenvalue weighted by Crippen LogP contribution is -2.54. The predicted molar refractivity (Wildman–Crippen MR) is 80.5 cm³/mol. The second-order valence-corrected chi connectivity index (χ2v) is 6.20. The summed E-state index contributed by atoms with van der Waals surface area (Å²) in [6.45, 7) is 5.37. The quantitative estimate of drug-likeness (QED) is 0.840. The highest BCUT2D eigenvalue weighted by Crippen LogP contribution is 2.42. The average molecular weight is 257 g/mol. The molecule has 2 aliphatic rings. The van der Waals surface area contributed by atoms with E-state index in [9.17, 15) is 0 Å². The summed E-state index contributed by atoms with van der Waals surface area (Å²) in [5.41, 5.74) is 8.85. The first-order valence-electron chi connectivity index (χ1n) is 7.28. The predicted octanol–water partition coefficient (Wildman–Crippen LogP) is 3.08. The zero-order chi connectivity index (χ0) is 13.5. The van der Waals surface area contributed by atoms with Crippen LogP contribution in [0.15, 0.2) is 29.3 Å². The van der Waals surface area contributed by atoms with Crippen LogP contribution in [0, 0.1) is 12.8 Å². The van der Waals surface area contributed by atoms with Crippen LogP contribution in [0.2, 0.25) is 0 Å². The van der Waals surface area contributed by atoms with Crippen LogP contribution < -0.4 is 10.6 Å². The van der Waals surface area contributed by atoms with E-state index in [4.69, 9.17) is 5.73 Å². The Labute approximate surface area is 115 Å². The van der Waals surface area contributed by atoms with Gasteiger partial charge in [0.15, 0.2) is 5.96 Å². The summed E-state index contributed by atoms with van der Waals surface area (Å²) < 4.78 is 0.